The number of hydrogen-bond donors (Lipinski definition) is 1. The van der Waals surface area contributed by atoms with Gasteiger partial charge in [0.2, 0.25) is 0 Å². The molecular weight excluding hydrogens is 589 g/mol. The van der Waals surface area contributed by atoms with Gasteiger partial charge in [-0.3, -0.25) is 9.35 Å². The van der Waals surface area contributed by atoms with Gasteiger partial charge in [0.05, 0.1) is 17.0 Å². The molecule has 1 aliphatic rings. The number of esters is 3. The van der Waals surface area contributed by atoms with Crippen LogP contribution in [0.2, 0.25) is 0 Å². The number of ether oxygens (including phenoxy) is 3. The van der Waals surface area contributed by atoms with Crippen LogP contribution >= 0.6 is 0 Å². The van der Waals surface area contributed by atoms with E-state index in [0.29, 0.717) is 23.8 Å². The first kappa shape index (κ1) is 36.6. The van der Waals surface area contributed by atoms with Gasteiger partial charge in [0, 0.05) is 6.42 Å². The topological polar surface area (TPSA) is 133 Å². The number of carbonyl (C=O) groups excluding carboxylic acids is 3. The molecule has 0 bridgehead atoms. The van der Waals surface area contributed by atoms with Crippen LogP contribution in [0.15, 0.2) is 24.3 Å². The van der Waals surface area contributed by atoms with Gasteiger partial charge in [-0.25, -0.2) is 9.59 Å². The van der Waals surface area contributed by atoms with E-state index in [0.717, 1.165) is 58.7 Å². The summed E-state index contributed by atoms with van der Waals surface area (Å²) in [7, 11) is 7.81. The van der Waals surface area contributed by atoms with Gasteiger partial charge in [-0.2, -0.15) is 8.42 Å². The predicted molar refractivity (Wildman–Crippen MR) is 189 cm³/mol. The molecule has 0 aromatic heterocycles. The van der Waals surface area contributed by atoms with Crippen LogP contribution in [0, 0.1) is 5.92 Å². The van der Waals surface area contributed by atoms with E-state index in [-0.39, 0.29) is 19.3 Å². The van der Waals surface area contributed by atoms with Crippen molar-refractivity contribution in [2.24, 2.45) is 5.92 Å². The van der Waals surface area contributed by atoms with Crippen molar-refractivity contribution in [2.75, 3.05) is 12.4 Å². The molecule has 0 heterocycles. The Labute approximate surface area is 272 Å². The van der Waals surface area contributed by atoms with Crippen molar-refractivity contribution in [1.82, 2.24) is 0 Å². The van der Waals surface area contributed by atoms with Crippen molar-refractivity contribution in [3.05, 3.63) is 68.8 Å². The Morgan fingerprint density at radius 3 is 1.49 bits per heavy atom. The van der Waals surface area contributed by atoms with Crippen molar-refractivity contribution in [1.29, 1.82) is 0 Å². The van der Waals surface area contributed by atoms with Gasteiger partial charge in [0.15, 0.2) is 0 Å². The van der Waals surface area contributed by atoms with Crippen molar-refractivity contribution < 1.29 is 41.6 Å². The van der Waals surface area contributed by atoms with E-state index in [9.17, 15) is 22.8 Å². The minimum Gasteiger partial charge on any atom is -0.464 e. The molecule has 45 heavy (non-hydrogen) atoms. The third-order valence-corrected chi connectivity index (χ3v) is 9.30. The van der Waals surface area contributed by atoms with Crippen LogP contribution in [-0.2, 0) is 67.0 Å². The summed E-state index contributed by atoms with van der Waals surface area (Å²) in [5, 5.41) is 0. The second kappa shape index (κ2) is 16.6. The van der Waals surface area contributed by atoms with E-state index in [1.807, 2.05) is 59.2 Å². The third-order valence-electron chi connectivity index (χ3n) is 8.62. The van der Waals surface area contributed by atoms with E-state index in [1.54, 1.807) is 0 Å². The van der Waals surface area contributed by atoms with Gasteiger partial charge in [-0.15, -0.1) is 0 Å². The fraction of sp³-hybridized carbons (Fsp3) is 0.483. The standard InChI is InChI=1S/C29H42B6O9S/c30-10-16-3-19(12-32)25(14-34)23(5-16)28(37)43-21-7-18(27(36)42-1-2-45(39,40)41)8-22(9-21)44-29(38)24-6-17(11-31)4-20(13-33)26(24)15-35/h3-6,18,21-22H,1-2,7-15,30-35H2,(H,39,40,41). The summed E-state index contributed by atoms with van der Waals surface area (Å²) in [5.41, 5.74) is 7.08. The maximum atomic E-state index is 13.6. The molecule has 236 valence electrons. The van der Waals surface area contributed by atoms with Gasteiger partial charge in [-0.1, -0.05) is 72.3 Å². The summed E-state index contributed by atoms with van der Waals surface area (Å²) in [6, 6.07) is 7.96. The lowest BCUT2D eigenvalue weighted by atomic mass is 9.81. The zero-order valence-corrected chi connectivity index (χ0v) is 28.3. The zero-order chi connectivity index (χ0) is 33.3. The summed E-state index contributed by atoms with van der Waals surface area (Å²) in [6.45, 7) is -0.518. The van der Waals surface area contributed by atoms with Crippen molar-refractivity contribution >= 4 is 75.1 Å². The summed E-state index contributed by atoms with van der Waals surface area (Å²) in [4.78, 5) is 40.3. The van der Waals surface area contributed by atoms with E-state index < -0.39 is 58.5 Å². The molecule has 2 aromatic carbocycles. The monoisotopic (exact) mass is 632 g/mol. The molecule has 1 fully saturated rings. The Bertz CT molecular complexity index is 1420. The molecule has 0 saturated heterocycles. The molecule has 2 unspecified atom stereocenters. The van der Waals surface area contributed by atoms with E-state index >= 15 is 0 Å². The normalized spacial score (nSPS) is 18.2. The van der Waals surface area contributed by atoms with Crippen LogP contribution < -0.4 is 0 Å². The highest BCUT2D eigenvalue weighted by Crippen LogP contribution is 2.32. The molecule has 1 N–H and O–H groups in total. The van der Waals surface area contributed by atoms with Crippen molar-refractivity contribution in [2.45, 2.75) is 69.4 Å². The van der Waals surface area contributed by atoms with Crippen molar-refractivity contribution in [3.63, 3.8) is 0 Å². The van der Waals surface area contributed by atoms with Gasteiger partial charge in [0.25, 0.3) is 10.1 Å². The van der Waals surface area contributed by atoms with Crippen LogP contribution in [-0.4, -0.2) is 103 Å². The summed E-state index contributed by atoms with van der Waals surface area (Å²) in [5.74, 6) is -3.24. The first-order valence-corrected chi connectivity index (χ1v) is 17.8. The van der Waals surface area contributed by atoms with Crippen LogP contribution in [0.5, 0.6) is 0 Å². The summed E-state index contributed by atoms with van der Waals surface area (Å²) < 4.78 is 48.5. The van der Waals surface area contributed by atoms with Crippen LogP contribution in [0.1, 0.15) is 73.4 Å². The summed E-state index contributed by atoms with van der Waals surface area (Å²) >= 11 is 0. The molecule has 9 nitrogen and oxygen atoms in total. The number of benzene rings is 2. The molecule has 0 spiro atoms. The molecule has 16 heteroatoms. The molecule has 0 amide bonds. The average Bonchev–Trinajstić information content (AvgIpc) is 3.02. The zero-order valence-electron chi connectivity index (χ0n) is 27.4. The molecular formula is C29H42B6O9S. The fourth-order valence-corrected chi connectivity index (χ4v) is 6.53. The molecule has 2 aromatic rings. The Kier molecular flexibility index (Phi) is 13.5. The second-order valence-corrected chi connectivity index (χ2v) is 13.2. The molecule has 3 rings (SSSR count). The Balaban J connectivity index is 1.90. The largest absolute Gasteiger partial charge is 0.464 e. The molecule has 0 aliphatic heterocycles. The fourth-order valence-electron chi connectivity index (χ4n) is 6.23. The number of carbonyl (C=O) groups is 3. The van der Waals surface area contributed by atoms with Crippen LogP contribution in [0.3, 0.4) is 0 Å². The highest BCUT2D eigenvalue weighted by Gasteiger charge is 2.38. The van der Waals surface area contributed by atoms with E-state index in [4.69, 9.17) is 18.8 Å². The first-order valence-electron chi connectivity index (χ1n) is 16.2. The molecule has 2 atom stereocenters. The molecule has 1 saturated carbocycles. The number of rotatable bonds is 14. The minimum absolute atomic E-state index is 0.131. The average molecular weight is 632 g/mol. The van der Waals surface area contributed by atoms with Crippen LogP contribution in [0.25, 0.3) is 0 Å². The smallest absolute Gasteiger partial charge is 0.338 e. The van der Waals surface area contributed by atoms with Crippen molar-refractivity contribution in [3.8, 4) is 0 Å². The Morgan fingerprint density at radius 2 is 1.13 bits per heavy atom. The van der Waals surface area contributed by atoms with Gasteiger partial charge in [-0.05, 0) is 36.1 Å². The maximum Gasteiger partial charge on any atom is 0.338 e. The molecule has 0 radical (unpaired) electrons. The Morgan fingerprint density at radius 1 is 0.689 bits per heavy atom. The second-order valence-electron chi connectivity index (χ2n) is 11.6. The summed E-state index contributed by atoms with van der Waals surface area (Å²) in [6.07, 6.45) is 3.34. The van der Waals surface area contributed by atoms with Gasteiger partial charge < -0.3 is 14.2 Å². The SMILES string of the molecule is BCc1cc(CB)c(CB)c(C(=O)OC2CC(OC(=O)c3cc(CB)cc(CB)c3CB)CC(C(=O)OCCS(=O)(=O)O)C2)c1. The minimum atomic E-state index is -4.32. The quantitative estimate of drug-likeness (QED) is 0.104. The highest BCUT2D eigenvalue weighted by molar-refractivity contribution is 7.85. The lowest BCUT2D eigenvalue weighted by Gasteiger charge is -2.33. The Hall–Kier alpha value is -2.85. The third kappa shape index (κ3) is 9.82. The maximum absolute atomic E-state index is 13.6. The van der Waals surface area contributed by atoms with Gasteiger partial charge in [0.1, 0.15) is 71.6 Å². The van der Waals surface area contributed by atoms with Crippen LogP contribution in [0.4, 0.5) is 0 Å². The number of hydrogen-bond acceptors (Lipinski definition) is 8. The van der Waals surface area contributed by atoms with E-state index in [2.05, 4.69) is 12.1 Å². The van der Waals surface area contributed by atoms with Gasteiger partial charge >= 0.3 is 17.9 Å². The molecule has 1 aliphatic carbocycles. The first-order chi connectivity index (χ1) is 21.4. The lowest BCUT2D eigenvalue weighted by molar-refractivity contribution is -0.152. The lowest BCUT2D eigenvalue weighted by Crippen LogP contribution is -2.39. The highest BCUT2D eigenvalue weighted by atomic mass is 32.2. The van der Waals surface area contributed by atoms with E-state index in [1.165, 1.54) is 0 Å². The predicted octanol–water partition coefficient (Wildman–Crippen LogP) is -2.53.